The van der Waals surface area contributed by atoms with Crippen molar-refractivity contribution in [3.8, 4) is 0 Å². The summed E-state index contributed by atoms with van der Waals surface area (Å²) in [4.78, 5) is 38.5. The van der Waals surface area contributed by atoms with E-state index in [0.29, 0.717) is 12.8 Å². The van der Waals surface area contributed by atoms with Crippen LogP contribution in [0.5, 0.6) is 0 Å². The SMILES string of the molecule is CC=CC[C@@H](CC=CNC(=O)[C@@H](NC(=O)C=CC=CC(C)=C[C@H](C)[C@@H]1CC=C(OC)C(=O)O1)C(C)(C)C)O[Si](c1ccccc1)(c1ccccc1)C(C)(C)C. The molecular weight excluding hydrogens is 705 g/mol. The predicted octanol–water partition coefficient (Wildman–Crippen LogP) is 7.99. The summed E-state index contributed by atoms with van der Waals surface area (Å²) >= 11 is 0. The minimum Gasteiger partial charge on any atom is -0.490 e. The van der Waals surface area contributed by atoms with Gasteiger partial charge in [-0.25, -0.2) is 4.79 Å². The molecule has 2 aromatic carbocycles. The first-order valence-electron chi connectivity index (χ1n) is 19.2. The van der Waals surface area contributed by atoms with Gasteiger partial charge in [0.25, 0.3) is 8.32 Å². The molecule has 1 aliphatic rings. The molecule has 2 N–H and O–H groups in total. The van der Waals surface area contributed by atoms with Crippen molar-refractivity contribution in [1.29, 1.82) is 0 Å². The minimum atomic E-state index is -2.79. The lowest BCUT2D eigenvalue weighted by atomic mass is 9.86. The molecule has 8 nitrogen and oxygen atoms in total. The Morgan fingerprint density at radius 3 is 2.04 bits per heavy atom. The van der Waals surface area contributed by atoms with Crippen molar-refractivity contribution >= 4 is 36.5 Å². The van der Waals surface area contributed by atoms with Crippen LogP contribution in [0.3, 0.4) is 0 Å². The molecule has 0 saturated carbocycles. The normalized spacial score (nSPS) is 17.6. The van der Waals surface area contributed by atoms with Crippen LogP contribution in [0.15, 0.2) is 133 Å². The maximum Gasteiger partial charge on any atom is 0.373 e. The average molecular weight is 767 g/mol. The van der Waals surface area contributed by atoms with Crippen molar-refractivity contribution in [2.75, 3.05) is 7.11 Å². The number of hydrogen-bond donors (Lipinski definition) is 2. The second-order valence-electron chi connectivity index (χ2n) is 16.1. The van der Waals surface area contributed by atoms with E-state index in [-0.39, 0.29) is 40.7 Å². The molecule has 0 aromatic heterocycles. The summed E-state index contributed by atoms with van der Waals surface area (Å²) in [5.74, 6) is -0.909. The summed E-state index contributed by atoms with van der Waals surface area (Å²) in [6.45, 7) is 18.5. The van der Waals surface area contributed by atoms with Gasteiger partial charge in [-0.3, -0.25) is 9.59 Å². The molecule has 9 heteroatoms. The second kappa shape index (κ2) is 20.8. The van der Waals surface area contributed by atoms with Crippen molar-refractivity contribution in [1.82, 2.24) is 10.6 Å². The van der Waals surface area contributed by atoms with Gasteiger partial charge in [0, 0.05) is 18.4 Å². The molecule has 0 aliphatic carbocycles. The Morgan fingerprint density at radius 2 is 1.51 bits per heavy atom. The van der Waals surface area contributed by atoms with Crippen molar-refractivity contribution in [3.05, 3.63) is 133 Å². The highest BCUT2D eigenvalue weighted by molar-refractivity contribution is 6.99. The molecule has 0 unspecified atom stereocenters. The Bertz CT molecular complexity index is 1710. The summed E-state index contributed by atoms with van der Waals surface area (Å²) in [5.41, 5.74) is 0.411. The number of benzene rings is 2. The van der Waals surface area contributed by atoms with Crippen molar-refractivity contribution in [2.45, 2.75) is 105 Å². The van der Waals surface area contributed by atoms with E-state index in [1.54, 1.807) is 24.4 Å². The van der Waals surface area contributed by atoms with Crippen molar-refractivity contribution < 1.29 is 28.3 Å². The van der Waals surface area contributed by atoms with Gasteiger partial charge in [-0.1, -0.05) is 157 Å². The number of allylic oxidation sites excluding steroid dienone is 5. The zero-order valence-electron chi connectivity index (χ0n) is 34.4. The number of cyclic esters (lactones) is 1. The average Bonchev–Trinajstić information content (AvgIpc) is 3.14. The van der Waals surface area contributed by atoms with E-state index in [9.17, 15) is 14.4 Å². The fraction of sp³-hybridized carbons (Fsp3) is 0.413. The van der Waals surface area contributed by atoms with Gasteiger partial charge in [0.2, 0.25) is 11.8 Å². The molecule has 4 atom stereocenters. The van der Waals surface area contributed by atoms with E-state index in [1.807, 2.05) is 78.0 Å². The Hall–Kier alpha value is -4.73. The third-order valence-corrected chi connectivity index (χ3v) is 14.7. The third kappa shape index (κ3) is 12.9. The number of carbonyl (C=O) groups is 3. The molecule has 55 heavy (non-hydrogen) atoms. The lowest BCUT2D eigenvalue weighted by Crippen LogP contribution is -2.67. The monoisotopic (exact) mass is 766 g/mol. The molecule has 0 saturated heterocycles. The molecule has 0 radical (unpaired) electrons. The highest BCUT2D eigenvalue weighted by atomic mass is 28.4. The largest absolute Gasteiger partial charge is 0.490 e. The van der Waals surface area contributed by atoms with Crippen LogP contribution in [-0.2, 0) is 28.3 Å². The molecule has 0 bridgehead atoms. The van der Waals surface area contributed by atoms with Crippen LogP contribution in [0.2, 0.25) is 5.04 Å². The Labute approximate surface area is 330 Å². The molecule has 0 fully saturated rings. The van der Waals surface area contributed by atoms with E-state index in [2.05, 4.69) is 86.0 Å². The predicted molar refractivity (Wildman–Crippen MR) is 226 cm³/mol. The number of carbonyl (C=O) groups excluding carboxylic acids is 3. The highest BCUT2D eigenvalue weighted by Gasteiger charge is 2.51. The standard InChI is InChI=1S/C46H62N2O6Si/c1-11-12-23-36(54-55(46(7,8)9,37-25-15-13-16-26-37)38-27-17-14-18-28-38)24-21-32-47-43(50)42(45(4,5)6)48-41(49)29-20-19-22-34(2)33-35(3)39-30-31-40(52-10)44(51)53-39/h11-22,25-29,31-33,35-36,39,42H,23-24,30H2,1-10H3,(H,47,50)(H,48,49)/t35-,36-,39-,42+/m0/s1. The van der Waals surface area contributed by atoms with Crippen LogP contribution in [0.25, 0.3) is 0 Å². The zero-order valence-corrected chi connectivity index (χ0v) is 35.4. The number of hydrogen-bond acceptors (Lipinski definition) is 6. The van der Waals surface area contributed by atoms with Gasteiger partial charge < -0.3 is 24.5 Å². The molecule has 2 amide bonds. The van der Waals surface area contributed by atoms with E-state index < -0.39 is 25.7 Å². The smallest absolute Gasteiger partial charge is 0.373 e. The summed E-state index contributed by atoms with van der Waals surface area (Å²) in [6, 6.07) is 20.4. The topological polar surface area (TPSA) is 103 Å². The number of nitrogens with one attached hydrogen (secondary N) is 2. The lowest BCUT2D eigenvalue weighted by Gasteiger charge is -2.45. The molecule has 1 aliphatic heterocycles. The molecular formula is C46H62N2O6Si. The highest BCUT2D eigenvalue weighted by Crippen LogP contribution is 2.38. The summed E-state index contributed by atoms with van der Waals surface area (Å²) in [5, 5.41) is 8.06. The van der Waals surface area contributed by atoms with Gasteiger partial charge in [0.05, 0.1) is 13.2 Å². The van der Waals surface area contributed by atoms with Gasteiger partial charge in [0.15, 0.2) is 5.76 Å². The quantitative estimate of drug-likeness (QED) is 0.0557. The number of esters is 1. The fourth-order valence-corrected chi connectivity index (χ4v) is 11.4. The maximum absolute atomic E-state index is 13.5. The lowest BCUT2D eigenvalue weighted by molar-refractivity contribution is -0.151. The summed E-state index contributed by atoms with van der Waals surface area (Å²) in [6.07, 6.45) is 19.7. The van der Waals surface area contributed by atoms with E-state index in [4.69, 9.17) is 13.9 Å². The van der Waals surface area contributed by atoms with Gasteiger partial charge in [-0.15, -0.1) is 0 Å². The summed E-state index contributed by atoms with van der Waals surface area (Å²) in [7, 11) is -1.33. The van der Waals surface area contributed by atoms with Crippen molar-refractivity contribution in [2.24, 2.45) is 11.3 Å². The number of ether oxygens (including phenoxy) is 2. The van der Waals surface area contributed by atoms with Crippen LogP contribution >= 0.6 is 0 Å². The van der Waals surface area contributed by atoms with Gasteiger partial charge >= 0.3 is 5.97 Å². The number of rotatable bonds is 17. The van der Waals surface area contributed by atoms with E-state index in [1.165, 1.54) is 23.6 Å². The van der Waals surface area contributed by atoms with Crippen LogP contribution in [0.4, 0.5) is 0 Å². The minimum absolute atomic E-state index is 0.00953. The first kappa shape index (κ1) is 44.7. The van der Waals surface area contributed by atoms with Crippen LogP contribution < -0.4 is 21.0 Å². The first-order chi connectivity index (χ1) is 26.0. The second-order valence-corrected chi connectivity index (χ2v) is 20.4. The Kier molecular flexibility index (Phi) is 16.9. The molecule has 0 spiro atoms. The first-order valence-corrected chi connectivity index (χ1v) is 21.1. The fourth-order valence-electron chi connectivity index (χ4n) is 6.70. The van der Waals surface area contributed by atoms with Gasteiger partial charge in [-0.2, -0.15) is 0 Å². The third-order valence-electron chi connectivity index (χ3n) is 9.60. The summed E-state index contributed by atoms with van der Waals surface area (Å²) < 4.78 is 17.9. The van der Waals surface area contributed by atoms with Gasteiger partial charge in [0.1, 0.15) is 12.1 Å². The van der Waals surface area contributed by atoms with Crippen LogP contribution in [0.1, 0.15) is 81.6 Å². The van der Waals surface area contributed by atoms with Gasteiger partial charge in [-0.05, 0) is 59.8 Å². The Balaban J connectivity index is 1.68. The Morgan fingerprint density at radius 1 is 0.927 bits per heavy atom. The molecule has 296 valence electrons. The van der Waals surface area contributed by atoms with E-state index >= 15 is 0 Å². The molecule has 1 heterocycles. The molecule has 3 rings (SSSR count). The molecule has 2 aromatic rings. The van der Waals surface area contributed by atoms with Crippen molar-refractivity contribution in [3.63, 3.8) is 0 Å². The van der Waals surface area contributed by atoms with Crippen LogP contribution in [0, 0.1) is 11.3 Å². The van der Waals surface area contributed by atoms with Crippen LogP contribution in [-0.4, -0.2) is 51.5 Å². The van der Waals surface area contributed by atoms with E-state index in [0.717, 1.165) is 12.0 Å². The number of amides is 2. The zero-order chi connectivity index (χ0) is 40.6. The maximum atomic E-state index is 13.5. The number of methoxy groups -OCH3 is 1.